The van der Waals surface area contributed by atoms with Gasteiger partial charge in [-0.1, -0.05) is 24.8 Å². The molecule has 4 aromatic rings. The summed E-state index contributed by atoms with van der Waals surface area (Å²) in [5.41, 5.74) is 7.60. The molecule has 5 rings (SSSR count). The molecule has 3 heterocycles. The number of aromatic nitrogens is 3. The molecule has 0 fully saturated rings. The SMILES string of the molecule is C=CC(=O)Nc1cc(Nc2nccc(-c3c4n(c5ccccc35)CC(O)CC4)n2)c(C)cc1N(C)CCN(C)C. The predicted octanol–water partition coefficient (Wildman–Crippen LogP) is 4.58. The van der Waals surface area contributed by atoms with Gasteiger partial charge in [0.2, 0.25) is 11.9 Å². The molecule has 2 aromatic carbocycles. The van der Waals surface area contributed by atoms with Crippen LogP contribution in [-0.2, 0) is 17.8 Å². The normalized spacial score (nSPS) is 14.7. The molecule has 1 atom stereocenters. The smallest absolute Gasteiger partial charge is 0.247 e. The number of hydrogen-bond acceptors (Lipinski definition) is 7. The van der Waals surface area contributed by atoms with E-state index in [9.17, 15) is 9.90 Å². The van der Waals surface area contributed by atoms with Crippen molar-refractivity contribution < 1.29 is 9.90 Å². The van der Waals surface area contributed by atoms with Crippen molar-refractivity contribution in [3.63, 3.8) is 0 Å². The Balaban J connectivity index is 1.51. The van der Waals surface area contributed by atoms with Gasteiger partial charge >= 0.3 is 0 Å². The third-order valence-electron chi connectivity index (χ3n) is 7.42. The van der Waals surface area contributed by atoms with Crippen LogP contribution in [0.5, 0.6) is 0 Å². The van der Waals surface area contributed by atoms with E-state index in [-0.39, 0.29) is 12.0 Å². The highest BCUT2D eigenvalue weighted by Crippen LogP contribution is 2.38. The Kier molecular flexibility index (Phi) is 7.86. The molecular formula is C31H37N7O2. The monoisotopic (exact) mass is 539 g/mol. The van der Waals surface area contributed by atoms with Crippen LogP contribution in [0.1, 0.15) is 17.7 Å². The number of amides is 1. The maximum atomic E-state index is 12.3. The van der Waals surface area contributed by atoms with Gasteiger partial charge < -0.3 is 30.1 Å². The topological polar surface area (TPSA) is 98.5 Å². The fourth-order valence-electron chi connectivity index (χ4n) is 5.29. The molecular weight excluding hydrogens is 502 g/mol. The lowest BCUT2D eigenvalue weighted by Gasteiger charge is -2.25. The molecule has 0 aliphatic carbocycles. The number of aliphatic hydroxyl groups excluding tert-OH is 1. The molecule has 0 saturated heterocycles. The van der Waals surface area contributed by atoms with Gasteiger partial charge in [0.1, 0.15) is 0 Å². The van der Waals surface area contributed by atoms with Gasteiger partial charge in [0.15, 0.2) is 0 Å². The molecule has 1 unspecified atom stereocenters. The van der Waals surface area contributed by atoms with Gasteiger partial charge in [-0.15, -0.1) is 0 Å². The minimum Gasteiger partial charge on any atom is -0.391 e. The van der Waals surface area contributed by atoms with E-state index in [0.717, 1.165) is 65.0 Å². The van der Waals surface area contributed by atoms with E-state index in [1.807, 2.05) is 52.3 Å². The second-order valence-corrected chi connectivity index (χ2v) is 10.6. The zero-order valence-electron chi connectivity index (χ0n) is 23.6. The van der Waals surface area contributed by atoms with Crippen molar-refractivity contribution in [2.75, 3.05) is 49.8 Å². The molecule has 9 heteroatoms. The van der Waals surface area contributed by atoms with Crippen LogP contribution in [0.3, 0.4) is 0 Å². The molecule has 0 spiro atoms. The Morgan fingerprint density at radius 3 is 2.75 bits per heavy atom. The largest absolute Gasteiger partial charge is 0.391 e. The van der Waals surface area contributed by atoms with Crippen LogP contribution in [0.25, 0.3) is 22.2 Å². The van der Waals surface area contributed by atoms with E-state index in [4.69, 9.17) is 4.98 Å². The van der Waals surface area contributed by atoms with Crippen molar-refractivity contribution in [3.05, 3.63) is 72.6 Å². The summed E-state index contributed by atoms with van der Waals surface area (Å²) in [7, 11) is 6.09. The summed E-state index contributed by atoms with van der Waals surface area (Å²) < 4.78 is 2.22. The highest BCUT2D eigenvalue weighted by Gasteiger charge is 2.25. The minimum atomic E-state index is -0.345. The van der Waals surface area contributed by atoms with Crippen LogP contribution in [0.4, 0.5) is 23.0 Å². The predicted molar refractivity (Wildman–Crippen MR) is 162 cm³/mol. The molecule has 1 aliphatic heterocycles. The molecule has 0 bridgehead atoms. The summed E-state index contributed by atoms with van der Waals surface area (Å²) in [6, 6.07) is 14.2. The zero-order chi connectivity index (χ0) is 28.4. The minimum absolute atomic E-state index is 0.272. The van der Waals surface area contributed by atoms with Gasteiger partial charge in [-0.2, -0.15) is 0 Å². The van der Waals surface area contributed by atoms with E-state index in [0.29, 0.717) is 18.2 Å². The van der Waals surface area contributed by atoms with E-state index in [1.165, 1.54) is 11.8 Å². The summed E-state index contributed by atoms with van der Waals surface area (Å²) >= 11 is 0. The third kappa shape index (κ3) is 5.57. The number of nitrogens with one attached hydrogen (secondary N) is 2. The second-order valence-electron chi connectivity index (χ2n) is 10.6. The standard InChI is InChI=1S/C31H37N7O2/c1-6-29(40)33-25-18-24(20(2)17-28(25)37(5)16-15-36(3)4)35-31-32-14-13-23(34-31)30-22-9-7-8-10-26(22)38-19-21(39)11-12-27(30)38/h6-10,13-14,17-18,21,39H,1,11-12,15-16,19H2,2-5H3,(H,33,40)(H,32,34,35). The third-order valence-corrected chi connectivity index (χ3v) is 7.42. The van der Waals surface area contributed by atoms with Gasteiger partial charge in [-0.05, 0) is 69.8 Å². The molecule has 1 aliphatic rings. The molecule has 0 saturated carbocycles. The maximum Gasteiger partial charge on any atom is 0.247 e. The Bertz CT molecular complexity index is 1560. The van der Waals surface area contributed by atoms with Gasteiger partial charge in [0.25, 0.3) is 0 Å². The number of fused-ring (bicyclic) bond motifs is 3. The highest BCUT2D eigenvalue weighted by molar-refractivity contribution is 6.02. The fourth-order valence-corrected chi connectivity index (χ4v) is 5.29. The number of para-hydroxylation sites is 1. The summed E-state index contributed by atoms with van der Waals surface area (Å²) in [6.07, 6.45) is 4.20. The second kappa shape index (κ2) is 11.5. The zero-order valence-corrected chi connectivity index (χ0v) is 23.6. The first-order valence-corrected chi connectivity index (χ1v) is 13.6. The van der Waals surface area contributed by atoms with Crippen molar-refractivity contribution in [2.24, 2.45) is 0 Å². The Morgan fingerprint density at radius 2 is 1.98 bits per heavy atom. The number of hydrogen-bond donors (Lipinski definition) is 3. The quantitative estimate of drug-likeness (QED) is 0.268. The Morgan fingerprint density at radius 1 is 1.18 bits per heavy atom. The van der Waals surface area contributed by atoms with Crippen molar-refractivity contribution in [2.45, 2.75) is 32.4 Å². The number of aryl methyl sites for hydroxylation is 1. The van der Waals surface area contributed by atoms with Crippen molar-refractivity contribution in [1.29, 1.82) is 0 Å². The van der Waals surface area contributed by atoms with Gasteiger partial charge in [0, 0.05) is 60.7 Å². The van der Waals surface area contributed by atoms with Gasteiger partial charge in [-0.25, -0.2) is 9.97 Å². The van der Waals surface area contributed by atoms with E-state index >= 15 is 0 Å². The van der Waals surface area contributed by atoms with Crippen molar-refractivity contribution in [3.8, 4) is 11.3 Å². The van der Waals surface area contributed by atoms with E-state index in [1.54, 1.807) is 6.20 Å². The lowest BCUT2D eigenvalue weighted by atomic mass is 10.0. The van der Waals surface area contributed by atoms with Crippen LogP contribution >= 0.6 is 0 Å². The maximum absolute atomic E-state index is 12.3. The fraction of sp³-hybridized carbons (Fsp3) is 0.323. The number of carbonyl (C=O) groups is 1. The molecule has 2 aromatic heterocycles. The average molecular weight is 540 g/mol. The van der Waals surface area contributed by atoms with Crippen LogP contribution in [0.2, 0.25) is 0 Å². The highest BCUT2D eigenvalue weighted by atomic mass is 16.3. The summed E-state index contributed by atoms with van der Waals surface area (Å²) in [6.45, 7) is 7.89. The summed E-state index contributed by atoms with van der Waals surface area (Å²) in [5, 5.41) is 17.8. The van der Waals surface area contributed by atoms with Crippen LogP contribution in [0.15, 0.2) is 61.3 Å². The van der Waals surface area contributed by atoms with Gasteiger partial charge in [-0.3, -0.25) is 4.79 Å². The molecule has 3 N–H and O–H groups in total. The van der Waals surface area contributed by atoms with E-state index in [2.05, 4.69) is 54.8 Å². The number of nitrogens with zero attached hydrogens (tertiary/aromatic N) is 5. The van der Waals surface area contributed by atoms with Gasteiger partial charge in [0.05, 0.1) is 23.2 Å². The number of aliphatic hydroxyl groups is 1. The molecule has 0 radical (unpaired) electrons. The van der Waals surface area contributed by atoms with Crippen LogP contribution < -0.4 is 15.5 Å². The first-order valence-electron chi connectivity index (χ1n) is 13.6. The number of carbonyl (C=O) groups excluding carboxylic acids is 1. The number of likely N-dealkylation sites (N-methyl/N-ethyl adjacent to an activating group) is 2. The first-order chi connectivity index (χ1) is 19.2. The lowest BCUT2D eigenvalue weighted by molar-refractivity contribution is -0.111. The average Bonchev–Trinajstić information content (AvgIpc) is 3.27. The van der Waals surface area contributed by atoms with Crippen LogP contribution in [0, 0.1) is 6.92 Å². The molecule has 40 heavy (non-hydrogen) atoms. The Labute approximate surface area is 235 Å². The summed E-state index contributed by atoms with van der Waals surface area (Å²) in [4.78, 5) is 26.0. The van der Waals surface area contributed by atoms with E-state index < -0.39 is 0 Å². The van der Waals surface area contributed by atoms with Crippen molar-refractivity contribution in [1.82, 2.24) is 19.4 Å². The van der Waals surface area contributed by atoms with Crippen LogP contribution in [-0.4, -0.2) is 70.8 Å². The number of anilines is 4. The first kappa shape index (κ1) is 27.4. The number of benzene rings is 2. The molecule has 1 amide bonds. The Hall–Kier alpha value is -4.21. The summed E-state index contributed by atoms with van der Waals surface area (Å²) in [5.74, 6) is 0.195. The van der Waals surface area contributed by atoms with Crippen molar-refractivity contribution >= 4 is 39.8 Å². The molecule has 9 nitrogen and oxygen atoms in total. The number of rotatable bonds is 9. The molecule has 208 valence electrons. The lowest BCUT2D eigenvalue weighted by Crippen LogP contribution is -2.29.